The van der Waals surface area contributed by atoms with E-state index in [0.29, 0.717) is 63.4 Å². The fraction of sp³-hybridized carbons (Fsp3) is 0.745. The number of hydrogen-bond donors (Lipinski definition) is 4. The first kappa shape index (κ1) is 61.4. The molecule has 4 rings (SSSR count). The second-order valence-corrected chi connectivity index (χ2v) is 21.1. The largest absolute Gasteiger partial charge is 0.508 e. The van der Waals surface area contributed by atoms with Crippen LogP contribution in [0.5, 0.6) is 0 Å². The van der Waals surface area contributed by atoms with Gasteiger partial charge in [-0.05, 0) is 107 Å². The molecule has 0 aromatic rings. The molecule has 0 radical (unpaired) electrons. The molecule has 4 N–H and O–H groups in total. The maximum Gasteiger partial charge on any atom is 0.508 e. The van der Waals surface area contributed by atoms with Gasteiger partial charge in [0.25, 0.3) is 11.7 Å². The molecule has 1 aliphatic carbocycles. The number of Topliss-reactive ketones (excluding diaryl/α,β-unsaturated/α-hetero) is 3. The van der Waals surface area contributed by atoms with Gasteiger partial charge in [-0.2, -0.15) is 0 Å². The van der Waals surface area contributed by atoms with E-state index in [-0.39, 0.29) is 49.2 Å². The van der Waals surface area contributed by atoms with Gasteiger partial charge in [0.2, 0.25) is 5.79 Å². The molecule has 1 amide bonds. The number of carbonyl (C=O) groups is 6. The van der Waals surface area contributed by atoms with Gasteiger partial charge in [-0.1, -0.05) is 71.1 Å². The maximum absolute atomic E-state index is 14.5. The van der Waals surface area contributed by atoms with Gasteiger partial charge < -0.3 is 58.5 Å². The molecule has 2 saturated heterocycles. The average Bonchev–Trinajstić information content (AvgIpc) is 3.37. The van der Waals surface area contributed by atoms with Crippen molar-refractivity contribution in [3.63, 3.8) is 0 Å². The molecule has 3 aliphatic heterocycles. The number of fused-ring (bicyclic) bond motifs is 3. The first-order valence-electron chi connectivity index (χ1n) is 26.2. The molecule has 18 heteroatoms. The minimum Gasteiger partial charge on any atom is -0.460 e. The Balaban J connectivity index is 1.67. The van der Waals surface area contributed by atoms with Gasteiger partial charge in [-0.15, -0.1) is 0 Å². The third-order valence-corrected chi connectivity index (χ3v) is 15.3. The Morgan fingerprint density at radius 3 is 2.27 bits per heavy atom. The van der Waals surface area contributed by atoms with Crippen LogP contribution in [-0.2, 0) is 57.1 Å². The summed E-state index contributed by atoms with van der Waals surface area (Å²) in [6.45, 7) is 11.5. The summed E-state index contributed by atoms with van der Waals surface area (Å²) < 4.78 is 40.0. The van der Waals surface area contributed by atoms with E-state index in [1.807, 2.05) is 51.2 Å². The third kappa shape index (κ3) is 17.2. The topological polar surface area (TPSA) is 251 Å². The SMILES string of the molecule is CO[C@H]1C[C@@H]2CC[C@@H](C)[C@@](O)(O2)C(=O)C(=O)N2CCCC[C@H]2C(=O)O[C@H]([C@H](C)C[C@@H]2CC[C@@H](OC(=O)OC[C@H](O)CO)[C@H](OC)C2)CC(=O)[C@H](C)/C=C(\C)[C@@H](O)[C@@H](OC)C(=O)[C@H](C)C[C@H](C)/C=C/C=CC=C1C. The third-order valence-electron chi connectivity index (χ3n) is 15.3. The number of rotatable bonds is 10. The second-order valence-electron chi connectivity index (χ2n) is 21.1. The number of piperidine rings is 1. The van der Waals surface area contributed by atoms with Crippen LogP contribution in [0.25, 0.3) is 0 Å². The average molecular weight is 1030 g/mol. The van der Waals surface area contributed by atoms with Crippen molar-refractivity contribution in [3.05, 3.63) is 47.6 Å². The van der Waals surface area contributed by atoms with E-state index in [9.17, 15) is 44.1 Å². The lowest BCUT2D eigenvalue weighted by Gasteiger charge is -2.42. The maximum atomic E-state index is 14.5. The molecule has 2 bridgehead atoms. The molecule has 3 fully saturated rings. The summed E-state index contributed by atoms with van der Waals surface area (Å²) in [6.07, 6.45) is 7.39. The standard InChI is InChI=1S/C55H85NO17/c1-32-16-12-11-13-17-33(2)45(67-8)28-41-21-19-38(7)55(66,73-41)51(62)52(63)56-23-15-14-18-42(56)53(64)71-46(29-43(59)34(3)25-37(6)49(61)50(69-10)48(60)36(5)24-32)35(4)26-39-20-22-44(47(27-39)68-9)72-54(65)70-31-40(58)30-57/h11-13,16-17,25,32,34-36,38-42,44-47,49-50,57-58,61,66H,14-15,18-24,26-31H2,1-10H3/b13-11?,16-12+,33-17?,37-25+/t32-,34-,35-,36-,38-,39+,40-,41+,42+,44-,45+,46+,47-,49-,50+,55-/m1/s1. The van der Waals surface area contributed by atoms with Gasteiger partial charge in [0.1, 0.15) is 49.0 Å². The quantitative estimate of drug-likeness (QED) is 0.116. The molecular weight excluding hydrogens is 947 g/mol. The number of aliphatic hydroxyl groups excluding tert-OH is 3. The van der Waals surface area contributed by atoms with Crippen LogP contribution in [-0.4, -0.2) is 162 Å². The summed E-state index contributed by atoms with van der Waals surface area (Å²) in [5.41, 5.74) is 1.21. The van der Waals surface area contributed by atoms with Crippen LogP contribution >= 0.6 is 0 Å². The first-order chi connectivity index (χ1) is 34.6. The van der Waals surface area contributed by atoms with Crippen LogP contribution < -0.4 is 0 Å². The van der Waals surface area contributed by atoms with E-state index in [2.05, 4.69) is 0 Å². The number of ether oxygens (including phenoxy) is 7. The van der Waals surface area contributed by atoms with E-state index in [1.165, 1.54) is 14.2 Å². The molecule has 0 unspecified atom stereocenters. The van der Waals surface area contributed by atoms with Gasteiger partial charge in [0.15, 0.2) is 5.78 Å². The smallest absolute Gasteiger partial charge is 0.460 e. The van der Waals surface area contributed by atoms with Crippen molar-refractivity contribution in [2.45, 2.75) is 186 Å². The predicted octanol–water partition coefficient (Wildman–Crippen LogP) is 5.69. The summed E-state index contributed by atoms with van der Waals surface area (Å²) in [7, 11) is 4.41. The zero-order chi connectivity index (χ0) is 54.2. The zero-order valence-electron chi connectivity index (χ0n) is 44.8. The van der Waals surface area contributed by atoms with Crippen molar-refractivity contribution in [2.75, 3.05) is 41.1 Å². The van der Waals surface area contributed by atoms with Crippen molar-refractivity contribution in [1.29, 1.82) is 0 Å². The van der Waals surface area contributed by atoms with Crippen LogP contribution in [0.4, 0.5) is 4.79 Å². The van der Waals surface area contributed by atoms with E-state index in [4.69, 9.17) is 38.3 Å². The van der Waals surface area contributed by atoms with Gasteiger partial charge >= 0.3 is 12.1 Å². The molecule has 0 spiro atoms. The number of allylic oxidation sites excluding steroid dienone is 6. The molecule has 18 nitrogen and oxygen atoms in total. The molecule has 412 valence electrons. The Bertz CT molecular complexity index is 1980. The Morgan fingerprint density at radius 1 is 0.877 bits per heavy atom. The number of hydrogen-bond acceptors (Lipinski definition) is 17. The molecule has 0 aromatic heterocycles. The molecular formula is C55H85NO17. The van der Waals surface area contributed by atoms with Crippen molar-refractivity contribution < 1.29 is 82.4 Å². The van der Waals surface area contributed by atoms with E-state index in [1.54, 1.807) is 40.9 Å². The highest BCUT2D eigenvalue weighted by atomic mass is 16.7. The van der Waals surface area contributed by atoms with Crippen LogP contribution in [0.2, 0.25) is 0 Å². The van der Waals surface area contributed by atoms with Gasteiger partial charge in [-0.25, -0.2) is 9.59 Å². The fourth-order valence-corrected chi connectivity index (χ4v) is 10.6. The number of ketones is 3. The van der Waals surface area contributed by atoms with Crippen molar-refractivity contribution >= 4 is 35.4 Å². The lowest BCUT2D eigenvalue weighted by Crippen LogP contribution is -2.61. The van der Waals surface area contributed by atoms with Crippen LogP contribution in [0, 0.1) is 35.5 Å². The second kappa shape index (κ2) is 29.2. The van der Waals surface area contributed by atoms with Crippen molar-refractivity contribution in [3.8, 4) is 0 Å². The number of aliphatic hydroxyl groups is 4. The number of nitrogens with zero attached hydrogens (tertiary/aromatic N) is 1. The molecule has 0 aromatic carbocycles. The monoisotopic (exact) mass is 1030 g/mol. The Kier molecular flexibility index (Phi) is 24.6. The molecule has 3 heterocycles. The minimum absolute atomic E-state index is 0.00856. The highest BCUT2D eigenvalue weighted by Crippen LogP contribution is 2.38. The summed E-state index contributed by atoms with van der Waals surface area (Å²) in [5.74, 6) is -8.66. The lowest BCUT2D eigenvalue weighted by molar-refractivity contribution is -0.265. The number of esters is 1. The lowest BCUT2D eigenvalue weighted by atomic mass is 9.78. The highest BCUT2D eigenvalue weighted by molar-refractivity contribution is 6.39. The molecule has 1 saturated carbocycles. The molecule has 4 aliphatic rings. The predicted molar refractivity (Wildman–Crippen MR) is 268 cm³/mol. The number of amides is 1. The Hall–Kier alpha value is -4.14. The fourth-order valence-electron chi connectivity index (χ4n) is 10.6. The summed E-state index contributed by atoms with van der Waals surface area (Å²) >= 11 is 0. The van der Waals surface area contributed by atoms with Crippen LogP contribution in [0.1, 0.15) is 126 Å². The van der Waals surface area contributed by atoms with Crippen molar-refractivity contribution in [2.24, 2.45) is 35.5 Å². The molecule has 73 heavy (non-hydrogen) atoms. The zero-order valence-corrected chi connectivity index (χ0v) is 44.8. The van der Waals surface area contributed by atoms with Crippen LogP contribution in [0.3, 0.4) is 0 Å². The van der Waals surface area contributed by atoms with E-state index in [0.717, 1.165) is 10.5 Å². The first-order valence-corrected chi connectivity index (χ1v) is 26.2. The van der Waals surface area contributed by atoms with Crippen LogP contribution in [0.15, 0.2) is 47.6 Å². The van der Waals surface area contributed by atoms with Gasteiger partial charge in [0, 0.05) is 58.5 Å². The van der Waals surface area contributed by atoms with Gasteiger partial charge in [-0.3, -0.25) is 19.2 Å². The van der Waals surface area contributed by atoms with Crippen molar-refractivity contribution in [1.82, 2.24) is 4.90 Å². The summed E-state index contributed by atoms with van der Waals surface area (Å²) in [6, 6.07) is -1.20. The number of cyclic esters (lactones) is 1. The Labute approximate surface area is 431 Å². The normalized spacial score (nSPS) is 36.4. The Morgan fingerprint density at radius 2 is 1.60 bits per heavy atom. The number of methoxy groups -OCH3 is 3. The molecule has 16 atom stereocenters. The minimum atomic E-state index is -2.47. The van der Waals surface area contributed by atoms with E-state index >= 15 is 0 Å². The van der Waals surface area contributed by atoms with Gasteiger partial charge in [0.05, 0.1) is 24.9 Å². The summed E-state index contributed by atoms with van der Waals surface area (Å²) in [4.78, 5) is 84.8. The summed E-state index contributed by atoms with van der Waals surface area (Å²) in [5, 5.41) is 42.2. The number of carbonyl (C=O) groups excluding carboxylic acids is 6. The highest BCUT2D eigenvalue weighted by Gasteiger charge is 2.53. The van der Waals surface area contributed by atoms with E-state index < -0.39 is 121 Å².